The van der Waals surface area contributed by atoms with E-state index in [9.17, 15) is 9.35 Å². The summed E-state index contributed by atoms with van der Waals surface area (Å²) in [5.41, 5.74) is 2.10. The van der Waals surface area contributed by atoms with Crippen LogP contribution in [0.2, 0.25) is 5.02 Å². The van der Waals surface area contributed by atoms with Crippen molar-refractivity contribution >= 4 is 40.3 Å². The second kappa shape index (κ2) is 10.3. The quantitative estimate of drug-likeness (QED) is 0.356. The topological polar surface area (TPSA) is 61.4 Å². The van der Waals surface area contributed by atoms with Gasteiger partial charge in [-0.05, 0) is 55.8 Å². The molecule has 0 saturated carbocycles. The van der Waals surface area contributed by atoms with Crippen molar-refractivity contribution in [3.05, 3.63) is 76.1 Å². The van der Waals surface area contributed by atoms with Crippen molar-refractivity contribution in [2.24, 2.45) is 0 Å². The Morgan fingerprint density at radius 3 is 2.66 bits per heavy atom. The molecule has 1 aromatic heterocycles. The summed E-state index contributed by atoms with van der Waals surface area (Å²) in [6, 6.07) is 18.6. The van der Waals surface area contributed by atoms with Crippen LogP contribution in [0, 0.1) is 6.92 Å². The lowest BCUT2D eigenvalue weighted by Crippen LogP contribution is -2.30. The van der Waals surface area contributed by atoms with E-state index < -0.39 is 17.4 Å². The normalized spacial score (nSPS) is 13.1. The van der Waals surface area contributed by atoms with E-state index in [-0.39, 0.29) is 12.4 Å². The first kappa shape index (κ1) is 21.9. The van der Waals surface area contributed by atoms with Gasteiger partial charge in [0.2, 0.25) is 0 Å². The molecule has 0 spiro atoms. The number of carbonyl (C=O) groups is 1. The van der Waals surface area contributed by atoms with Crippen molar-refractivity contribution in [3.63, 3.8) is 0 Å². The third-order valence-electron chi connectivity index (χ3n) is 4.24. The van der Waals surface area contributed by atoms with Crippen LogP contribution < -0.4 is 4.72 Å². The van der Waals surface area contributed by atoms with E-state index in [1.54, 1.807) is 6.92 Å². The zero-order valence-corrected chi connectivity index (χ0v) is 18.6. The van der Waals surface area contributed by atoms with E-state index in [1.165, 1.54) is 11.3 Å². The van der Waals surface area contributed by atoms with Gasteiger partial charge in [-0.3, -0.25) is 4.79 Å². The van der Waals surface area contributed by atoms with Gasteiger partial charge >= 0.3 is 5.97 Å². The molecule has 0 fully saturated rings. The van der Waals surface area contributed by atoms with Gasteiger partial charge < -0.3 is 9.29 Å². The fraction of sp³-hybridized carbons (Fsp3) is 0.227. The molecule has 0 bridgehead atoms. The highest BCUT2D eigenvalue weighted by molar-refractivity contribution is 7.89. The monoisotopic (exact) mass is 447 g/mol. The second-order valence-corrected chi connectivity index (χ2v) is 9.27. The molecule has 2 aromatic carbocycles. The van der Waals surface area contributed by atoms with Crippen molar-refractivity contribution in [3.8, 4) is 10.4 Å². The molecule has 0 aliphatic carbocycles. The van der Waals surface area contributed by atoms with Crippen molar-refractivity contribution in [1.29, 1.82) is 0 Å². The first-order valence-electron chi connectivity index (χ1n) is 9.22. The van der Waals surface area contributed by atoms with E-state index in [2.05, 4.69) is 4.72 Å². The Labute approximate surface area is 183 Å². The SMILES string of the molecule is CCOC(=O)C[C@H](N[S+]([O-])c1ccc(C)cc1)c1ccc(-c2cccc(Cl)c2)s1. The molecule has 29 heavy (non-hydrogen) atoms. The largest absolute Gasteiger partial charge is 0.593 e. The minimum Gasteiger partial charge on any atom is -0.593 e. The first-order chi connectivity index (χ1) is 14.0. The predicted molar refractivity (Wildman–Crippen MR) is 119 cm³/mol. The second-order valence-electron chi connectivity index (χ2n) is 6.47. The van der Waals surface area contributed by atoms with Gasteiger partial charge in [0, 0.05) is 14.8 Å². The molecular weight excluding hydrogens is 426 g/mol. The van der Waals surface area contributed by atoms with Crippen LogP contribution >= 0.6 is 22.9 Å². The Balaban J connectivity index is 1.83. The Kier molecular flexibility index (Phi) is 7.75. The molecule has 3 aromatic rings. The van der Waals surface area contributed by atoms with Gasteiger partial charge in [0.15, 0.2) is 4.90 Å². The molecule has 0 saturated heterocycles. The van der Waals surface area contributed by atoms with Crippen LogP contribution in [0.25, 0.3) is 10.4 Å². The Morgan fingerprint density at radius 2 is 1.97 bits per heavy atom. The zero-order chi connectivity index (χ0) is 20.8. The fourth-order valence-electron chi connectivity index (χ4n) is 2.78. The van der Waals surface area contributed by atoms with Crippen LogP contribution in [-0.4, -0.2) is 17.1 Å². The number of thiophene rings is 1. The predicted octanol–water partition coefficient (Wildman–Crippen LogP) is 5.68. The molecule has 4 nitrogen and oxygen atoms in total. The number of halogens is 1. The van der Waals surface area contributed by atoms with Crippen molar-refractivity contribution < 1.29 is 14.1 Å². The minimum atomic E-state index is -1.45. The summed E-state index contributed by atoms with van der Waals surface area (Å²) >= 11 is 6.19. The molecule has 7 heteroatoms. The van der Waals surface area contributed by atoms with Gasteiger partial charge in [-0.2, -0.15) is 0 Å². The van der Waals surface area contributed by atoms with Gasteiger partial charge in [0.1, 0.15) is 0 Å². The lowest BCUT2D eigenvalue weighted by atomic mass is 10.1. The fourth-order valence-corrected chi connectivity index (χ4v) is 5.09. The molecule has 0 aliphatic heterocycles. The van der Waals surface area contributed by atoms with Crippen LogP contribution in [0.4, 0.5) is 0 Å². The highest BCUT2D eigenvalue weighted by Crippen LogP contribution is 2.34. The van der Waals surface area contributed by atoms with E-state index in [0.717, 1.165) is 20.9 Å². The Bertz CT molecular complexity index is 959. The van der Waals surface area contributed by atoms with Crippen LogP contribution in [0.15, 0.2) is 65.6 Å². The van der Waals surface area contributed by atoms with Gasteiger partial charge in [-0.15, -0.1) is 16.1 Å². The number of benzene rings is 2. The van der Waals surface area contributed by atoms with Crippen molar-refractivity contribution in [2.75, 3.05) is 6.61 Å². The molecule has 3 rings (SSSR count). The maximum absolute atomic E-state index is 12.8. The maximum atomic E-state index is 12.8. The van der Waals surface area contributed by atoms with E-state index >= 15 is 0 Å². The smallest absolute Gasteiger partial charge is 0.307 e. The molecule has 1 heterocycles. The number of rotatable bonds is 8. The average Bonchev–Trinajstić information content (AvgIpc) is 3.18. The number of aryl methyl sites for hydroxylation is 1. The highest BCUT2D eigenvalue weighted by Gasteiger charge is 2.25. The molecule has 1 unspecified atom stereocenters. The third kappa shape index (κ3) is 6.07. The summed E-state index contributed by atoms with van der Waals surface area (Å²) in [5.74, 6) is -0.330. The molecule has 0 aliphatic rings. The van der Waals surface area contributed by atoms with Gasteiger partial charge in [-0.1, -0.05) is 41.4 Å². The third-order valence-corrected chi connectivity index (χ3v) is 6.92. The van der Waals surface area contributed by atoms with Crippen molar-refractivity contribution in [2.45, 2.75) is 31.2 Å². The summed E-state index contributed by atoms with van der Waals surface area (Å²) in [6.45, 7) is 4.06. The Hall–Kier alpha value is -1.83. The number of hydrogen-bond acceptors (Lipinski definition) is 5. The van der Waals surface area contributed by atoms with E-state index in [0.29, 0.717) is 16.5 Å². The van der Waals surface area contributed by atoms with Gasteiger partial charge in [0.25, 0.3) is 0 Å². The van der Waals surface area contributed by atoms with E-state index in [1.807, 2.05) is 67.6 Å². The number of hydrogen-bond donors (Lipinski definition) is 1. The van der Waals surface area contributed by atoms with Gasteiger partial charge in [-0.25, -0.2) is 0 Å². The van der Waals surface area contributed by atoms with Crippen LogP contribution in [0.3, 0.4) is 0 Å². The molecule has 0 amide bonds. The van der Waals surface area contributed by atoms with Crippen LogP contribution in [-0.2, 0) is 20.9 Å². The first-order valence-corrected chi connectivity index (χ1v) is 11.6. The molecule has 0 radical (unpaired) electrons. The minimum absolute atomic E-state index is 0.0982. The summed E-state index contributed by atoms with van der Waals surface area (Å²) in [6.07, 6.45) is 0.0982. The molecule has 1 N–H and O–H groups in total. The molecular formula is C22H22ClNO3S2. The lowest BCUT2D eigenvalue weighted by Gasteiger charge is -2.18. The van der Waals surface area contributed by atoms with Crippen LogP contribution in [0.5, 0.6) is 0 Å². The van der Waals surface area contributed by atoms with E-state index in [4.69, 9.17) is 16.3 Å². The maximum Gasteiger partial charge on any atom is 0.307 e. The van der Waals surface area contributed by atoms with Crippen molar-refractivity contribution in [1.82, 2.24) is 4.72 Å². The summed E-state index contributed by atoms with van der Waals surface area (Å²) in [5, 5.41) is 0.666. The number of ether oxygens (including phenoxy) is 1. The van der Waals surface area contributed by atoms with Crippen LogP contribution in [0.1, 0.15) is 29.8 Å². The lowest BCUT2D eigenvalue weighted by molar-refractivity contribution is -0.143. The zero-order valence-electron chi connectivity index (χ0n) is 16.2. The molecule has 152 valence electrons. The average molecular weight is 448 g/mol. The standard InChI is InChI=1S/C22H22ClNO3S2/c1-3-27-22(25)14-19(24-29(26)18-9-7-15(2)8-10-18)21-12-11-20(28-21)16-5-4-6-17(23)13-16/h4-13,19,24H,3,14H2,1-2H3/t19-,29?/m0/s1. The van der Waals surface area contributed by atoms with Gasteiger partial charge in [0.05, 0.1) is 30.4 Å². The number of nitrogens with one attached hydrogen (secondary N) is 1. The molecule has 2 atom stereocenters. The summed E-state index contributed by atoms with van der Waals surface area (Å²) in [4.78, 5) is 14.7. The number of carbonyl (C=O) groups excluding carboxylic acids is 1. The highest BCUT2D eigenvalue weighted by atomic mass is 35.5. The number of esters is 1. The summed E-state index contributed by atoms with van der Waals surface area (Å²) in [7, 11) is 0. The summed E-state index contributed by atoms with van der Waals surface area (Å²) < 4.78 is 21.0. The Morgan fingerprint density at radius 1 is 1.21 bits per heavy atom.